The highest BCUT2D eigenvalue weighted by atomic mass is 35.5. The summed E-state index contributed by atoms with van der Waals surface area (Å²) in [6.07, 6.45) is 16.6. The predicted octanol–water partition coefficient (Wildman–Crippen LogP) is 4.55. The van der Waals surface area contributed by atoms with Gasteiger partial charge in [-0.25, -0.2) is 15.0 Å². The van der Waals surface area contributed by atoms with Crippen LogP contribution >= 0.6 is 22.9 Å². The van der Waals surface area contributed by atoms with Crippen LogP contribution in [0.2, 0.25) is 5.02 Å². The van der Waals surface area contributed by atoms with E-state index in [0.717, 1.165) is 57.4 Å². The van der Waals surface area contributed by atoms with Gasteiger partial charge in [0.25, 0.3) is 0 Å². The van der Waals surface area contributed by atoms with E-state index in [0.29, 0.717) is 17.6 Å². The lowest BCUT2D eigenvalue weighted by atomic mass is 9.69. The predicted molar refractivity (Wildman–Crippen MR) is 162 cm³/mol. The molecule has 4 N–H and O–H groups in total. The fourth-order valence-electron chi connectivity index (χ4n) is 6.62. The Hall–Kier alpha value is -2.89. The molecule has 1 aromatic carbocycles. The zero-order valence-corrected chi connectivity index (χ0v) is 24.1. The number of anilines is 1. The zero-order chi connectivity index (χ0) is 27.3. The number of H-pyrrole nitrogens is 1. The number of aromatic nitrogens is 5. The van der Waals surface area contributed by atoms with Crippen molar-refractivity contribution in [2.24, 2.45) is 11.7 Å². The Kier molecular flexibility index (Phi) is 6.63. The van der Waals surface area contributed by atoms with Crippen LogP contribution < -0.4 is 11.1 Å². The summed E-state index contributed by atoms with van der Waals surface area (Å²) >= 11 is 7.91. The third-order valence-electron chi connectivity index (χ3n) is 9.04. The third-order valence-corrected chi connectivity index (χ3v) is 10.2. The van der Waals surface area contributed by atoms with Crippen LogP contribution in [0.3, 0.4) is 0 Å². The molecule has 0 radical (unpaired) electrons. The van der Waals surface area contributed by atoms with Crippen LogP contribution in [0, 0.1) is 5.92 Å². The van der Waals surface area contributed by atoms with Gasteiger partial charge in [0, 0.05) is 43.4 Å². The summed E-state index contributed by atoms with van der Waals surface area (Å²) in [5.74, 6) is 0.408. The lowest BCUT2D eigenvalue weighted by molar-refractivity contribution is 0.0772. The molecule has 0 amide bonds. The van der Waals surface area contributed by atoms with Gasteiger partial charge in [0.15, 0.2) is 10.8 Å². The minimum Gasteiger partial charge on any atom is -0.349 e. The molecule has 208 valence electrons. The smallest absolute Gasteiger partial charge is 0.184 e. The number of thiazole rings is 1. The molecule has 0 spiro atoms. The fraction of sp³-hybridized carbons (Fsp3) is 0.448. The van der Waals surface area contributed by atoms with E-state index in [1.165, 1.54) is 32.3 Å². The lowest BCUT2D eigenvalue weighted by Gasteiger charge is -2.46. The van der Waals surface area contributed by atoms with E-state index in [2.05, 4.69) is 66.6 Å². The Morgan fingerprint density at radius 1 is 1.07 bits per heavy atom. The van der Waals surface area contributed by atoms with E-state index in [1.54, 1.807) is 17.5 Å². The number of benzene rings is 1. The van der Waals surface area contributed by atoms with Crippen LogP contribution in [0.25, 0.3) is 21.3 Å². The molecule has 0 atom stereocenters. The summed E-state index contributed by atoms with van der Waals surface area (Å²) in [4.78, 5) is 18.5. The number of piperazine rings is 1. The second-order valence-electron chi connectivity index (χ2n) is 11.5. The third kappa shape index (κ3) is 4.71. The number of fused-ring (bicyclic) bond motifs is 2. The molecule has 0 unspecified atom stereocenters. The van der Waals surface area contributed by atoms with Gasteiger partial charge in [-0.1, -0.05) is 47.2 Å². The average Bonchev–Trinajstić information content (AvgIpc) is 3.59. The molecule has 4 heterocycles. The molecule has 1 aliphatic heterocycles. The molecular formula is C29H34ClN9S. The molecule has 2 aliphatic carbocycles. The van der Waals surface area contributed by atoms with Crippen LogP contribution in [-0.2, 0) is 5.54 Å². The monoisotopic (exact) mass is 575 g/mol. The fourth-order valence-corrected chi connectivity index (χ4v) is 7.84. The van der Waals surface area contributed by atoms with Gasteiger partial charge in [0.2, 0.25) is 0 Å². The number of hydrogen-bond acceptors (Lipinski definition) is 9. The van der Waals surface area contributed by atoms with Crippen molar-refractivity contribution in [2.45, 2.75) is 42.8 Å². The van der Waals surface area contributed by atoms with E-state index < -0.39 is 11.1 Å². The van der Waals surface area contributed by atoms with Gasteiger partial charge >= 0.3 is 0 Å². The SMILES string of the molecule is CN1CCN(C2CCC(C3(Nc4nc5ccc(Cl)cc5s4)C=CC(N)(c4[nH]nc5ncncc45)C=C3)CC2)CC1. The van der Waals surface area contributed by atoms with Crippen molar-refractivity contribution >= 4 is 49.3 Å². The van der Waals surface area contributed by atoms with E-state index >= 15 is 0 Å². The van der Waals surface area contributed by atoms with Crippen LogP contribution in [-0.4, -0.2) is 79.8 Å². The Morgan fingerprint density at radius 2 is 1.85 bits per heavy atom. The molecule has 3 aromatic heterocycles. The Balaban J connectivity index is 1.18. The Bertz CT molecular complexity index is 1560. The summed E-state index contributed by atoms with van der Waals surface area (Å²) in [5, 5.41) is 13.8. The standard InChI is InChI=1S/C29H34ClN9S/c1-38-12-14-39(15-13-38)21-5-2-19(3-6-21)29(35-27-34-23-7-4-20(30)16-24(23)40-27)10-8-28(31,9-11-29)25-22-17-32-18-33-26(22)37-36-25/h4,7-11,16-19,21H,2-3,5-6,12-15,31H2,1H3,(H,34,35)(H,32,33,36,37). The van der Waals surface area contributed by atoms with Gasteiger partial charge in [0.05, 0.1) is 32.4 Å². The number of nitrogens with one attached hydrogen (secondary N) is 2. The first-order valence-corrected chi connectivity index (χ1v) is 15.2. The largest absolute Gasteiger partial charge is 0.349 e. The van der Waals surface area contributed by atoms with Gasteiger partial charge in [-0.2, -0.15) is 5.10 Å². The van der Waals surface area contributed by atoms with Crippen molar-refractivity contribution in [3.8, 4) is 0 Å². The average molecular weight is 576 g/mol. The topological polar surface area (TPSA) is 112 Å². The number of nitrogens with zero attached hydrogens (tertiary/aromatic N) is 6. The van der Waals surface area contributed by atoms with E-state index in [9.17, 15) is 0 Å². The molecule has 3 aliphatic rings. The van der Waals surface area contributed by atoms with Crippen molar-refractivity contribution in [3.05, 3.63) is 65.7 Å². The van der Waals surface area contributed by atoms with Crippen molar-refractivity contribution in [1.82, 2.24) is 34.9 Å². The molecule has 9 nitrogen and oxygen atoms in total. The molecule has 7 rings (SSSR count). The highest BCUT2D eigenvalue weighted by Crippen LogP contribution is 2.43. The summed E-state index contributed by atoms with van der Waals surface area (Å²) in [6, 6.07) is 6.52. The van der Waals surface area contributed by atoms with Gasteiger partial charge in [-0.05, 0) is 56.8 Å². The quantitative estimate of drug-likeness (QED) is 0.297. The molecule has 4 aromatic rings. The maximum atomic E-state index is 6.98. The van der Waals surface area contributed by atoms with E-state index in [-0.39, 0.29) is 0 Å². The second kappa shape index (κ2) is 10.2. The zero-order valence-electron chi connectivity index (χ0n) is 22.6. The van der Waals surface area contributed by atoms with E-state index in [1.807, 2.05) is 18.2 Å². The summed E-state index contributed by atoms with van der Waals surface area (Å²) < 4.78 is 1.07. The van der Waals surface area contributed by atoms with Gasteiger partial charge in [-0.3, -0.25) is 10.00 Å². The maximum absolute atomic E-state index is 6.98. The first kappa shape index (κ1) is 26.0. The first-order chi connectivity index (χ1) is 19.4. The van der Waals surface area contributed by atoms with E-state index in [4.69, 9.17) is 22.3 Å². The molecular weight excluding hydrogens is 542 g/mol. The molecule has 1 saturated heterocycles. The summed E-state index contributed by atoms with van der Waals surface area (Å²) in [7, 11) is 2.22. The van der Waals surface area contributed by atoms with Crippen molar-refractivity contribution < 1.29 is 0 Å². The molecule has 40 heavy (non-hydrogen) atoms. The lowest BCUT2D eigenvalue weighted by Crippen LogP contribution is -2.52. The number of halogens is 1. The van der Waals surface area contributed by atoms with Crippen LogP contribution in [0.4, 0.5) is 5.13 Å². The van der Waals surface area contributed by atoms with Crippen molar-refractivity contribution in [3.63, 3.8) is 0 Å². The van der Waals surface area contributed by atoms with Crippen LogP contribution in [0.15, 0.2) is 55.0 Å². The maximum Gasteiger partial charge on any atom is 0.184 e. The Labute approximate surface area is 242 Å². The highest BCUT2D eigenvalue weighted by Gasteiger charge is 2.42. The van der Waals surface area contributed by atoms with Crippen LogP contribution in [0.1, 0.15) is 31.4 Å². The molecule has 1 saturated carbocycles. The first-order valence-electron chi connectivity index (χ1n) is 14.0. The van der Waals surface area contributed by atoms with Crippen LogP contribution in [0.5, 0.6) is 0 Å². The Morgan fingerprint density at radius 3 is 2.62 bits per heavy atom. The number of nitrogens with two attached hydrogens (primary N) is 1. The molecule has 11 heteroatoms. The number of likely N-dealkylation sites (N-methyl/N-ethyl adjacent to an activating group) is 1. The summed E-state index contributed by atoms with van der Waals surface area (Å²) in [6.45, 7) is 4.65. The minimum atomic E-state index is -0.844. The highest BCUT2D eigenvalue weighted by molar-refractivity contribution is 7.22. The van der Waals surface area contributed by atoms with Gasteiger partial charge in [-0.15, -0.1) is 0 Å². The van der Waals surface area contributed by atoms with Gasteiger partial charge in [0.1, 0.15) is 6.33 Å². The second-order valence-corrected chi connectivity index (χ2v) is 13.0. The number of rotatable bonds is 5. The van der Waals surface area contributed by atoms with Crippen molar-refractivity contribution in [1.29, 1.82) is 0 Å². The number of hydrogen-bond donors (Lipinski definition) is 3. The minimum absolute atomic E-state index is 0.403. The van der Waals surface area contributed by atoms with Crippen molar-refractivity contribution in [2.75, 3.05) is 38.5 Å². The normalized spacial score (nSPS) is 29.9. The summed E-state index contributed by atoms with van der Waals surface area (Å²) in [5.41, 5.74) is 8.08. The number of aromatic amines is 1. The molecule has 0 bridgehead atoms. The molecule has 2 fully saturated rings. The van der Waals surface area contributed by atoms with Gasteiger partial charge < -0.3 is 16.0 Å².